The zero-order valence-electron chi connectivity index (χ0n) is 21.6. The van der Waals surface area contributed by atoms with Gasteiger partial charge in [-0.1, -0.05) is 101 Å². The van der Waals surface area contributed by atoms with Gasteiger partial charge in [0.2, 0.25) is 0 Å². The van der Waals surface area contributed by atoms with Gasteiger partial charge in [0.1, 0.15) is 15.8 Å². The van der Waals surface area contributed by atoms with E-state index in [0.717, 1.165) is 18.4 Å². The van der Waals surface area contributed by atoms with Gasteiger partial charge in [-0.2, -0.15) is 0 Å². The zero-order chi connectivity index (χ0) is 25.9. The highest BCUT2D eigenvalue weighted by atomic mass is 32.2. The molecule has 0 saturated carbocycles. The first-order valence-electron chi connectivity index (χ1n) is 13.1. The fourth-order valence-corrected chi connectivity index (χ4v) is 5.56. The van der Waals surface area contributed by atoms with Crippen LogP contribution < -0.4 is 10.9 Å². The lowest BCUT2D eigenvalue weighted by Crippen LogP contribution is -2.29. The van der Waals surface area contributed by atoms with Gasteiger partial charge in [-0.15, -0.1) is 6.58 Å². The molecular formula is C28H38N4O2S2. The summed E-state index contributed by atoms with van der Waals surface area (Å²) in [6.07, 6.45) is 17.5. The zero-order valence-corrected chi connectivity index (χ0v) is 23.2. The monoisotopic (exact) mass is 526 g/mol. The van der Waals surface area contributed by atoms with Gasteiger partial charge in [-0.25, -0.2) is 4.98 Å². The Morgan fingerprint density at radius 2 is 1.72 bits per heavy atom. The van der Waals surface area contributed by atoms with E-state index in [1.165, 1.54) is 67.5 Å². The molecule has 0 aliphatic carbocycles. The largest absolute Gasteiger partial charge is 0.366 e. The second kappa shape index (κ2) is 14.3. The summed E-state index contributed by atoms with van der Waals surface area (Å²) >= 11 is 6.76. The number of carbonyl (C=O) groups is 1. The molecule has 1 N–H and O–H groups in total. The number of aryl methyl sites for hydroxylation is 1. The van der Waals surface area contributed by atoms with Crippen molar-refractivity contribution in [3.63, 3.8) is 0 Å². The number of pyridine rings is 1. The summed E-state index contributed by atoms with van der Waals surface area (Å²) in [5.74, 6) is 0.299. The molecule has 0 radical (unpaired) electrons. The van der Waals surface area contributed by atoms with Crippen molar-refractivity contribution < 1.29 is 4.79 Å². The Hall–Kier alpha value is -2.45. The van der Waals surface area contributed by atoms with Crippen molar-refractivity contribution in [1.82, 2.24) is 14.3 Å². The molecule has 8 heteroatoms. The van der Waals surface area contributed by atoms with Crippen molar-refractivity contribution in [2.45, 2.75) is 78.1 Å². The number of hydrogen-bond donors (Lipinski definition) is 1. The maximum atomic E-state index is 13.3. The number of aromatic nitrogens is 2. The van der Waals surface area contributed by atoms with Crippen LogP contribution in [0.15, 0.2) is 40.7 Å². The molecule has 2 aromatic rings. The molecule has 0 atom stereocenters. The third-order valence-corrected chi connectivity index (χ3v) is 7.68. The number of thioether (sulfide) groups is 1. The molecule has 0 bridgehead atoms. The molecule has 1 aliphatic rings. The number of amides is 1. The minimum absolute atomic E-state index is 0.135. The molecule has 6 nitrogen and oxygen atoms in total. The van der Waals surface area contributed by atoms with Crippen LogP contribution >= 0.6 is 24.0 Å². The van der Waals surface area contributed by atoms with Crippen molar-refractivity contribution in [3.05, 3.63) is 57.4 Å². The quantitative estimate of drug-likeness (QED) is 0.120. The Morgan fingerprint density at radius 3 is 2.39 bits per heavy atom. The van der Waals surface area contributed by atoms with Gasteiger partial charge in [-0.05, 0) is 31.1 Å². The molecule has 1 amide bonds. The normalized spacial score (nSPS) is 14.8. The number of fused-ring (bicyclic) bond motifs is 1. The van der Waals surface area contributed by atoms with Gasteiger partial charge < -0.3 is 5.32 Å². The van der Waals surface area contributed by atoms with E-state index in [0.29, 0.717) is 39.3 Å². The molecule has 3 rings (SSSR count). The highest BCUT2D eigenvalue weighted by molar-refractivity contribution is 8.26. The second-order valence-corrected chi connectivity index (χ2v) is 11.0. The Labute approximate surface area is 224 Å². The fraction of sp³-hybridized carbons (Fsp3) is 0.500. The predicted molar refractivity (Wildman–Crippen MR) is 157 cm³/mol. The standard InChI is InChI=1S/C28H38N4O2S2/c1-4-6-7-8-9-10-11-12-13-14-18-31-27(34)23(36-28(31)35)19-22-25(29-17-5-2)30-24-16-15-21(3)20-32(24)26(22)33/h5,15-16,19-20,29H,2,4,6-14,17-18H2,1,3H3/b23-19+. The van der Waals surface area contributed by atoms with Crippen molar-refractivity contribution >= 4 is 51.7 Å². The van der Waals surface area contributed by atoms with Crippen LogP contribution in [-0.4, -0.2) is 37.6 Å². The molecule has 194 valence electrons. The van der Waals surface area contributed by atoms with Crippen molar-refractivity contribution in [2.75, 3.05) is 18.4 Å². The Kier molecular flexibility index (Phi) is 11.2. The molecule has 0 unspecified atom stereocenters. The highest BCUT2D eigenvalue weighted by Crippen LogP contribution is 2.33. The SMILES string of the molecule is C=CCNc1nc2ccc(C)cn2c(=O)c1/C=C1/SC(=S)N(CCCCCCCCCCCC)C1=O. The Bertz CT molecular complexity index is 1170. The first-order valence-corrected chi connectivity index (χ1v) is 14.3. The van der Waals surface area contributed by atoms with E-state index < -0.39 is 0 Å². The first-order chi connectivity index (χ1) is 17.5. The highest BCUT2D eigenvalue weighted by Gasteiger charge is 2.32. The number of anilines is 1. The van der Waals surface area contributed by atoms with Crippen LogP contribution in [0, 0.1) is 6.92 Å². The summed E-state index contributed by atoms with van der Waals surface area (Å²) in [4.78, 5) is 33.2. The summed E-state index contributed by atoms with van der Waals surface area (Å²) in [7, 11) is 0. The van der Waals surface area contributed by atoms with Gasteiger partial charge >= 0.3 is 0 Å². The van der Waals surface area contributed by atoms with E-state index in [1.807, 2.05) is 19.1 Å². The van der Waals surface area contributed by atoms with E-state index in [9.17, 15) is 9.59 Å². The van der Waals surface area contributed by atoms with Crippen molar-refractivity contribution in [1.29, 1.82) is 0 Å². The molecular weight excluding hydrogens is 488 g/mol. The topological polar surface area (TPSA) is 66.7 Å². The van der Waals surface area contributed by atoms with Gasteiger partial charge in [-0.3, -0.25) is 18.9 Å². The number of rotatable bonds is 15. The van der Waals surface area contributed by atoms with Crippen LogP contribution in [0.25, 0.3) is 11.7 Å². The smallest absolute Gasteiger partial charge is 0.267 e. The van der Waals surface area contributed by atoms with Crippen molar-refractivity contribution in [3.8, 4) is 0 Å². The van der Waals surface area contributed by atoms with E-state index in [4.69, 9.17) is 12.2 Å². The van der Waals surface area contributed by atoms with Crippen LogP contribution in [0.4, 0.5) is 5.82 Å². The number of carbonyl (C=O) groups excluding carboxylic acids is 1. The third-order valence-electron chi connectivity index (χ3n) is 6.30. The van der Waals surface area contributed by atoms with Crippen molar-refractivity contribution in [2.24, 2.45) is 0 Å². The average molecular weight is 527 g/mol. The lowest BCUT2D eigenvalue weighted by Gasteiger charge is -2.14. The second-order valence-electron chi connectivity index (χ2n) is 9.30. The van der Waals surface area contributed by atoms with Crippen LogP contribution in [0.2, 0.25) is 0 Å². The van der Waals surface area contributed by atoms with E-state index in [1.54, 1.807) is 23.2 Å². The summed E-state index contributed by atoms with van der Waals surface area (Å²) in [5, 5.41) is 3.14. The molecule has 1 saturated heterocycles. The maximum Gasteiger partial charge on any atom is 0.267 e. The molecule has 0 spiro atoms. The first kappa shape index (κ1) is 28.1. The molecule has 2 aromatic heterocycles. The van der Waals surface area contributed by atoms with Crippen LogP contribution in [0.5, 0.6) is 0 Å². The van der Waals surface area contributed by atoms with Crippen LogP contribution in [0.3, 0.4) is 0 Å². The van der Waals surface area contributed by atoms with Crippen LogP contribution in [0.1, 0.15) is 82.3 Å². The van der Waals surface area contributed by atoms with Crippen LogP contribution in [-0.2, 0) is 4.79 Å². The lowest BCUT2D eigenvalue weighted by molar-refractivity contribution is -0.122. The number of nitrogens with one attached hydrogen (secondary N) is 1. The molecule has 36 heavy (non-hydrogen) atoms. The molecule has 0 aromatic carbocycles. The summed E-state index contributed by atoms with van der Waals surface area (Å²) < 4.78 is 2.07. The Morgan fingerprint density at radius 1 is 1.06 bits per heavy atom. The van der Waals surface area contributed by atoms with E-state index in [-0.39, 0.29) is 11.5 Å². The lowest BCUT2D eigenvalue weighted by atomic mass is 10.1. The summed E-state index contributed by atoms with van der Waals surface area (Å²) in [6.45, 7) is 8.97. The third kappa shape index (κ3) is 7.53. The van der Waals surface area contributed by atoms with Gasteiger partial charge in [0.05, 0.1) is 10.5 Å². The molecule has 1 fully saturated rings. The molecule has 1 aliphatic heterocycles. The number of thiocarbonyl (C=S) groups is 1. The summed E-state index contributed by atoms with van der Waals surface area (Å²) in [6, 6.07) is 3.73. The minimum Gasteiger partial charge on any atom is -0.366 e. The van der Waals surface area contributed by atoms with Gasteiger partial charge in [0.25, 0.3) is 11.5 Å². The average Bonchev–Trinajstić information content (AvgIpc) is 3.13. The van der Waals surface area contributed by atoms with Gasteiger partial charge in [0.15, 0.2) is 0 Å². The number of nitrogens with zero attached hydrogens (tertiary/aromatic N) is 3. The maximum absolute atomic E-state index is 13.3. The number of unbranched alkanes of at least 4 members (excludes halogenated alkanes) is 9. The number of hydrogen-bond acceptors (Lipinski definition) is 6. The predicted octanol–water partition coefficient (Wildman–Crippen LogP) is 6.72. The van der Waals surface area contributed by atoms with E-state index in [2.05, 4.69) is 23.8 Å². The Balaban J connectivity index is 1.64. The summed E-state index contributed by atoms with van der Waals surface area (Å²) in [5.41, 5.74) is 1.62. The van der Waals surface area contributed by atoms with Gasteiger partial charge in [0, 0.05) is 19.3 Å². The van der Waals surface area contributed by atoms with E-state index >= 15 is 0 Å². The minimum atomic E-state index is -0.227. The fourth-order valence-electron chi connectivity index (χ4n) is 4.27. The molecule has 3 heterocycles.